The maximum absolute atomic E-state index is 12.2. The van der Waals surface area contributed by atoms with Crippen LogP contribution in [0.4, 0.5) is 0 Å². The molecule has 0 spiro atoms. The van der Waals surface area contributed by atoms with Gasteiger partial charge in [-0.25, -0.2) is 13.1 Å². The molecule has 1 saturated heterocycles. The largest absolute Gasteiger partial charge is 0.338 e. The lowest BCUT2D eigenvalue weighted by Gasteiger charge is -2.26. The lowest BCUT2D eigenvalue weighted by molar-refractivity contribution is -0.129. The molecule has 0 bridgehead atoms. The number of tetrazole rings is 1. The van der Waals surface area contributed by atoms with E-state index in [0.717, 1.165) is 0 Å². The molecule has 0 radical (unpaired) electrons. The van der Waals surface area contributed by atoms with Crippen LogP contribution < -0.4 is 0 Å². The van der Waals surface area contributed by atoms with Crippen molar-refractivity contribution in [1.82, 2.24) is 25.1 Å². The normalized spacial score (nSPS) is 21.0. The molecule has 0 aromatic carbocycles. The van der Waals surface area contributed by atoms with E-state index in [1.807, 2.05) is 6.92 Å². The second kappa shape index (κ2) is 6.08. The number of aryl methyl sites for hydroxylation is 1. The van der Waals surface area contributed by atoms with E-state index in [2.05, 4.69) is 15.5 Å². The molecule has 1 fully saturated rings. The second-order valence-corrected chi connectivity index (χ2v) is 7.78. The van der Waals surface area contributed by atoms with Crippen LogP contribution in [0, 0.1) is 0 Å². The Labute approximate surface area is 121 Å². The van der Waals surface area contributed by atoms with Crippen molar-refractivity contribution >= 4 is 27.5 Å². The number of aromatic nitrogens is 4. The fourth-order valence-electron chi connectivity index (χ4n) is 2.21. The topological polar surface area (TPSA) is 98.1 Å². The first-order valence-corrected chi connectivity index (χ1v) is 9.08. The van der Waals surface area contributed by atoms with Crippen LogP contribution >= 0.6 is 11.8 Å². The summed E-state index contributed by atoms with van der Waals surface area (Å²) in [5.41, 5.74) is 0. The number of carbonyl (C=O) groups is 1. The third-order valence-corrected chi connectivity index (χ3v) is 5.96. The monoisotopic (exact) mass is 319 g/mol. The fourth-order valence-corrected chi connectivity index (χ4v) is 4.68. The van der Waals surface area contributed by atoms with Crippen molar-refractivity contribution in [3.63, 3.8) is 0 Å². The summed E-state index contributed by atoms with van der Waals surface area (Å²) in [4.78, 5) is 13.9. The predicted molar refractivity (Wildman–Crippen MR) is 74.0 cm³/mol. The lowest BCUT2D eigenvalue weighted by atomic mass is 10.2. The highest BCUT2D eigenvalue weighted by Crippen LogP contribution is 2.20. The molecule has 1 aromatic rings. The molecule has 2 rings (SSSR count). The van der Waals surface area contributed by atoms with E-state index in [-0.39, 0.29) is 29.2 Å². The molecule has 1 amide bonds. The van der Waals surface area contributed by atoms with E-state index in [4.69, 9.17) is 0 Å². The highest BCUT2D eigenvalue weighted by Gasteiger charge is 2.33. The number of nitrogens with zero attached hydrogens (tertiary/aromatic N) is 5. The molecule has 10 heteroatoms. The maximum atomic E-state index is 12.2. The summed E-state index contributed by atoms with van der Waals surface area (Å²) in [5, 5.41) is 11.5. The minimum absolute atomic E-state index is 0.0722. The van der Waals surface area contributed by atoms with Gasteiger partial charge in [-0.15, -0.1) is 5.10 Å². The van der Waals surface area contributed by atoms with Gasteiger partial charge < -0.3 is 4.90 Å². The zero-order chi connectivity index (χ0) is 14.8. The number of rotatable bonds is 5. The second-order valence-electron chi connectivity index (χ2n) is 4.61. The molecule has 0 saturated carbocycles. The highest BCUT2D eigenvalue weighted by atomic mass is 32.2. The maximum Gasteiger partial charge on any atom is 0.233 e. The number of hydrogen-bond donors (Lipinski definition) is 0. The van der Waals surface area contributed by atoms with Gasteiger partial charge >= 0.3 is 0 Å². The van der Waals surface area contributed by atoms with E-state index < -0.39 is 9.84 Å². The first-order valence-electron chi connectivity index (χ1n) is 6.28. The average molecular weight is 319 g/mol. The van der Waals surface area contributed by atoms with E-state index in [1.165, 1.54) is 16.4 Å². The summed E-state index contributed by atoms with van der Waals surface area (Å²) in [7, 11) is -1.28. The molecule has 8 nitrogen and oxygen atoms in total. The summed E-state index contributed by atoms with van der Waals surface area (Å²) in [6.45, 7) is 2.37. The zero-order valence-corrected chi connectivity index (χ0v) is 13.0. The van der Waals surface area contributed by atoms with Gasteiger partial charge in [-0.2, -0.15) is 0 Å². The molecule has 1 aliphatic rings. The molecular formula is C10H17N5O3S2. The van der Waals surface area contributed by atoms with Crippen molar-refractivity contribution in [3.05, 3.63) is 0 Å². The minimum Gasteiger partial charge on any atom is -0.338 e. The van der Waals surface area contributed by atoms with Crippen LogP contribution in [0.15, 0.2) is 5.16 Å². The summed E-state index contributed by atoms with van der Waals surface area (Å²) in [6, 6.07) is -0.198. The van der Waals surface area contributed by atoms with E-state index in [1.54, 1.807) is 11.9 Å². The van der Waals surface area contributed by atoms with Crippen molar-refractivity contribution < 1.29 is 13.2 Å². The first-order chi connectivity index (χ1) is 9.43. The summed E-state index contributed by atoms with van der Waals surface area (Å²) >= 11 is 1.25. The molecule has 1 atom stereocenters. The molecule has 2 heterocycles. The van der Waals surface area contributed by atoms with Gasteiger partial charge in [-0.05, 0) is 23.8 Å². The average Bonchev–Trinajstić information content (AvgIpc) is 2.94. The standard InChI is InChI=1S/C10H17N5O3S2/c1-3-15(8-4-5-20(17,18)7-8)9(16)6-19-10-11-12-13-14(10)2/h8H,3-7H2,1-2H3/t8-/m0/s1. The molecule has 0 N–H and O–H groups in total. The first kappa shape index (κ1) is 15.2. The van der Waals surface area contributed by atoms with Crippen LogP contribution in [0.1, 0.15) is 13.3 Å². The number of thioether (sulfide) groups is 1. The van der Waals surface area contributed by atoms with Gasteiger partial charge in [0.2, 0.25) is 11.1 Å². The zero-order valence-electron chi connectivity index (χ0n) is 11.4. The quantitative estimate of drug-likeness (QED) is 0.664. The molecule has 1 aliphatic heterocycles. The Morgan fingerprint density at radius 2 is 2.30 bits per heavy atom. The molecule has 0 unspecified atom stereocenters. The van der Waals surface area contributed by atoms with Gasteiger partial charge in [0.1, 0.15) is 0 Å². The van der Waals surface area contributed by atoms with Crippen molar-refractivity contribution in [2.75, 3.05) is 23.8 Å². The van der Waals surface area contributed by atoms with Crippen molar-refractivity contribution in [2.24, 2.45) is 7.05 Å². The van der Waals surface area contributed by atoms with E-state index in [0.29, 0.717) is 18.1 Å². The molecular weight excluding hydrogens is 302 g/mol. The van der Waals surface area contributed by atoms with Crippen LogP contribution in [0.5, 0.6) is 0 Å². The Kier molecular flexibility index (Phi) is 4.63. The highest BCUT2D eigenvalue weighted by molar-refractivity contribution is 7.99. The van der Waals surface area contributed by atoms with Crippen molar-refractivity contribution in [3.8, 4) is 0 Å². The Bertz CT molecular complexity index is 585. The Morgan fingerprint density at radius 1 is 1.55 bits per heavy atom. The van der Waals surface area contributed by atoms with Crippen molar-refractivity contribution in [2.45, 2.75) is 24.5 Å². The third-order valence-electron chi connectivity index (χ3n) is 3.22. The van der Waals surface area contributed by atoms with Crippen LogP contribution in [-0.4, -0.2) is 69.3 Å². The van der Waals surface area contributed by atoms with Crippen LogP contribution in [0.3, 0.4) is 0 Å². The third kappa shape index (κ3) is 3.48. The van der Waals surface area contributed by atoms with Crippen LogP contribution in [-0.2, 0) is 21.7 Å². The number of sulfone groups is 1. The van der Waals surface area contributed by atoms with Crippen LogP contribution in [0.2, 0.25) is 0 Å². The Balaban J connectivity index is 1.94. The van der Waals surface area contributed by atoms with Gasteiger partial charge in [-0.3, -0.25) is 4.79 Å². The SMILES string of the molecule is CCN(C(=O)CSc1nnnn1C)[C@H]1CCS(=O)(=O)C1. The molecule has 0 aliphatic carbocycles. The molecule has 1 aromatic heterocycles. The van der Waals surface area contributed by atoms with Gasteiger partial charge in [0, 0.05) is 19.6 Å². The Morgan fingerprint density at radius 3 is 2.80 bits per heavy atom. The summed E-state index contributed by atoms with van der Waals surface area (Å²) < 4.78 is 24.5. The van der Waals surface area contributed by atoms with Gasteiger partial charge in [0.15, 0.2) is 9.84 Å². The Hall–Kier alpha value is -1.16. The lowest BCUT2D eigenvalue weighted by Crippen LogP contribution is -2.42. The number of amides is 1. The van der Waals surface area contributed by atoms with E-state index in [9.17, 15) is 13.2 Å². The van der Waals surface area contributed by atoms with Crippen molar-refractivity contribution in [1.29, 1.82) is 0 Å². The van der Waals surface area contributed by atoms with Gasteiger partial charge in [-0.1, -0.05) is 11.8 Å². The van der Waals surface area contributed by atoms with Crippen LogP contribution in [0.25, 0.3) is 0 Å². The summed E-state index contributed by atoms with van der Waals surface area (Å²) in [6.07, 6.45) is 0.526. The predicted octanol–water partition coefficient (Wildman–Crippen LogP) is -0.662. The fraction of sp³-hybridized carbons (Fsp3) is 0.800. The smallest absolute Gasteiger partial charge is 0.233 e. The minimum atomic E-state index is -2.99. The van der Waals surface area contributed by atoms with Gasteiger partial charge in [0.05, 0.1) is 17.3 Å². The summed E-state index contributed by atoms with van der Waals surface area (Å²) in [5.74, 6) is 0.367. The van der Waals surface area contributed by atoms with E-state index >= 15 is 0 Å². The number of carbonyl (C=O) groups excluding carboxylic acids is 1. The molecule has 20 heavy (non-hydrogen) atoms. The molecule has 112 valence electrons. The van der Waals surface area contributed by atoms with Gasteiger partial charge in [0.25, 0.3) is 0 Å². The number of hydrogen-bond acceptors (Lipinski definition) is 7.